The maximum absolute atomic E-state index is 2.39. The van der Waals surface area contributed by atoms with Crippen LogP contribution in [0.1, 0.15) is 73.1 Å². The van der Waals surface area contributed by atoms with Crippen molar-refractivity contribution in [2.75, 3.05) is 0 Å². The molecule has 0 aromatic rings. The zero-order chi connectivity index (χ0) is 11.0. The van der Waals surface area contributed by atoms with E-state index in [0.29, 0.717) is 5.41 Å². The Bertz CT molecular complexity index is 101. The van der Waals surface area contributed by atoms with Crippen LogP contribution in [0.2, 0.25) is 0 Å². The third-order valence-electron chi connectivity index (χ3n) is 2.20. The summed E-state index contributed by atoms with van der Waals surface area (Å²) in [5.74, 6) is 1.53. The molecule has 0 heteroatoms. The molecular formula is C14H28. The summed E-state index contributed by atoms with van der Waals surface area (Å²) < 4.78 is 0. The molecule has 0 N–H and O–H groups in total. The fourth-order valence-corrected chi connectivity index (χ4v) is 1.96. The number of hydrogen-bond donors (Lipinski definition) is 0. The van der Waals surface area contributed by atoms with Gasteiger partial charge in [-0.3, -0.25) is 0 Å². The lowest BCUT2D eigenvalue weighted by atomic mass is 9.86. The lowest BCUT2D eigenvalue weighted by molar-refractivity contribution is 0.389. The van der Waals surface area contributed by atoms with Crippen LogP contribution in [-0.4, -0.2) is 0 Å². The zero-order valence-corrected chi connectivity index (χ0v) is 10.8. The minimum atomic E-state index is 0.485. The van der Waals surface area contributed by atoms with E-state index in [9.17, 15) is 0 Å². The molecule has 0 heterocycles. The molecule has 1 fully saturated rings. The molecule has 14 heavy (non-hydrogen) atoms. The van der Waals surface area contributed by atoms with Crippen LogP contribution in [0, 0.1) is 17.8 Å². The third kappa shape index (κ3) is 12.0. The van der Waals surface area contributed by atoms with Crippen molar-refractivity contribution >= 4 is 0 Å². The molecule has 0 aromatic carbocycles. The summed E-state index contributed by atoms with van der Waals surface area (Å²) in [7, 11) is 0. The van der Waals surface area contributed by atoms with Crippen molar-refractivity contribution in [3.63, 3.8) is 0 Å². The molecule has 0 unspecified atom stereocenters. The van der Waals surface area contributed by atoms with Crippen LogP contribution < -0.4 is 0 Å². The predicted molar refractivity (Wildman–Crippen MR) is 66.0 cm³/mol. The fourth-order valence-electron chi connectivity index (χ4n) is 1.96. The highest BCUT2D eigenvalue weighted by Crippen LogP contribution is 2.24. The standard InChI is InChI=1S/C8H17.C6H11/c1-7(2)6-8(3,4)5;1-2-4-6-5-3-1/h6H2,1-5H3;1H,2-6H2. The molecule has 0 saturated heterocycles. The van der Waals surface area contributed by atoms with Gasteiger partial charge in [0.2, 0.25) is 0 Å². The predicted octanol–water partition coefficient (Wildman–Crippen LogP) is 5.19. The Hall–Kier alpha value is 0. The Balaban J connectivity index is 0.000000249. The molecule has 84 valence electrons. The molecule has 0 amide bonds. The van der Waals surface area contributed by atoms with Gasteiger partial charge in [-0.2, -0.15) is 0 Å². The van der Waals surface area contributed by atoms with Gasteiger partial charge in [-0.15, -0.1) is 0 Å². The van der Waals surface area contributed by atoms with Crippen molar-refractivity contribution in [2.45, 2.75) is 73.1 Å². The van der Waals surface area contributed by atoms with E-state index >= 15 is 0 Å². The first kappa shape index (κ1) is 14.0. The summed E-state index contributed by atoms with van der Waals surface area (Å²) in [6.45, 7) is 11.2. The fraction of sp³-hybridized carbons (Fsp3) is 0.857. The van der Waals surface area contributed by atoms with Crippen molar-refractivity contribution in [2.24, 2.45) is 5.41 Å². The van der Waals surface area contributed by atoms with Gasteiger partial charge < -0.3 is 0 Å². The largest absolute Gasteiger partial charge is 0.0602 e. The molecule has 0 bridgehead atoms. The van der Waals surface area contributed by atoms with Gasteiger partial charge >= 0.3 is 0 Å². The van der Waals surface area contributed by atoms with E-state index in [1.165, 1.54) is 44.4 Å². The molecule has 1 rings (SSSR count). The Kier molecular flexibility index (Phi) is 7.31. The summed E-state index contributed by atoms with van der Waals surface area (Å²) in [6, 6.07) is 0. The van der Waals surface area contributed by atoms with Crippen molar-refractivity contribution in [3.05, 3.63) is 12.3 Å². The first-order valence-corrected chi connectivity index (χ1v) is 6.02. The zero-order valence-electron chi connectivity index (χ0n) is 10.8. The first-order valence-electron chi connectivity index (χ1n) is 6.02. The quantitative estimate of drug-likeness (QED) is 0.541. The van der Waals surface area contributed by atoms with E-state index in [0.717, 1.165) is 0 Å². The Morgan fingerprint density at radius 1 is 1.00 bits per heavy atom. The molecule has 0 atom stereocenters. The molecule has 1 saturated carbocycles. The van der Waals surface area contributed by atoms with Crippen LogP contribution >= 0.6 is 0 Å². The van der Waals surface area contributed by atoms with Crippen LogP contribution in [0.5, 0.6) is 0 Å². The highest BCUT2D eigenvalue weighted by atomic mass is 14.2. The minimum Gasteiger partial charge on any atom is -0.0602 e. The van der Waals surface area contributed by atoms with E-state index in [4.69, 9.17) is 0 Å². The van der Waals surface area contributed by atoms with E-state index in [2.05, 4.69) is 41.0 Å². The average Bonchev–Trinajstić information content (AvgIpc) is 2.03. The van der Waals surface area contributed by atoms with Gasteiger partial charge in [0, 0.05) is 0 Å². The normalized spacial score (nSPS) is 17.6. The molecule has 1 aliphatic rings. The minimum absolute atomic E-state index is 0.485. The van der Waals surface area contributed by atoms with Crippen LogP contribution in [-0.2, 0) is 0 Å². The Labute approximate surface area is 91.5 Å². The molecule has 2 radical (unpaired) electrons. The van der Waals surface area contributed by atoms with Crippen molar-refractivity contribution in [1.82, 2.24) is 0 Å². The van der Waals surface area contributed by atoms with Gasteiger partial charge in [-0.25, -0.2) is 0 Å². The number of hydrogen-bond acceptors (Lipinski definition) is 0. The summed E-state index contributed by atoms with van der Waals surface area (Å²) in [6.07, 6.45) is 10.7. The lowest BCUT2D eigenvalue weighted by Gasteiger charge is -2.19. The lowest BCUT2D eigenvalue weighted by Crippen LogP contribution is -2.07. The van der Waals surface area contributed by atoms with Crippen LogP contribution in [0.3, 0.4) is 0 Å². The second-order valence-electron chi connectivity index (χ2n) is 5.87. The molecule has 0 nitrogen and oxygen atoms in total. The summed E-state index contributed by atoms with van der Waals surface area (Å²) in [5, 5.41) is 0. The maximum Gasteiger partial charge on any atom is -0.0298 e. The van der Waals surface area contributed by atoms with Gasteiger partial charge in [-0.05, 0) is 24.2 Å². The van der Waals surface area contributed by atoms with Gasteiger partial charge in [0.1, 0.15) is 0 Å². The summed E-state index contributed by atoms with van der Waals surface area (Å²) in [5.41, 5.74) is 0.485. The van der Waals surface area contributed by atoms with E-state index < -0.39 is 0 Å². The Morgan fingerprint density at radius 3 is 1.57 bits per heavy atom. The van der Waals surface area contributed by atoms with Crippen molar-refractivity contribution in [1.29, 1.82) is 0 Å². The van der Waals surface area contributed by atoms with Gasteiger partial charge in [-0.1, -0.05) is 66.7 Å². The van der Waals surface area contributed by atoms with E-state index in [1.54, 1.807) is 0 Å². The molecule has 0 aliphatic heterocycles. The number of rotatable bonds is 1. The second-order valence-corrected chi connectivity index (χ2v) is 5.87. The van der Waals surface area contributed by atoms with E-state index in [1.807, 2.05) is 0 Å². The van der Waals surface area contributed by atoms with E-state index in [-0.39, 0.29) is 0 Å². The topological polar surface area (TPSA) is 0 Å². The third-order valence-corrected chi connectivity index (χ3v) is 2.20. The van der Waals surface area contributed by atoms with Crippen molar-refractivity contribution in [3.8, 4) is 0 Å². The van der Waals surface area contributed by atoms with Crippen LogP contribution in [0.25, 0.3) is 0 Å². The van der Waals surface area contributed by atoms with Gasteiger partial charge in [0.25, 0.3) is 0 Å². The monoisotopic (exact) mass is 196 g/mol. The van der Waals surface area contributed by atoms with Crippen molar-refractivity contribution < 1.29 is 0 Å². The second kappa shape index (κ2) is 7.31. The first-order chi connectivity index (χ1) is 6.42. The molecular weight excluding hydrogens is 168 g/mol. The SMILES string of the molecule is C[C](C)CC(C)(C)C.[CH]1CCCCC1. The van der Waals surface area contributed by atoms with Gasteiger partial charge in [0.05, 0.1) is 0 Å². The molecule has 0 spiro atoms. The van der Waals surface area contributed by atoms with Crippen LogP contribution in [0.4, 0.5) is 0 Å². The summed E-state index contributed by atoms with van der Waals surface area (Å²) in [4.78, 5) is 0. The Morgan fingerprint density at radius 2 is 1.50 bits per heavy atom. The highest BCUT2D eigenvalue weighted by molar-refractivity contribution is 4.82. The maximum atomic E-state index is 2.39. The van der Waals surface area contributed by atoms with Crippen LogP contribution in [0.15, 0.2) is 0 Å². The highest BCUT2D eigenvalue weighted by Gasteiger charge is 2.11. The smallest absolute Gasteiger partial charge is 0.0298 e. The summed E-state index contributed by atoms with van der Waals surface area (Å²) >= 11 is 0. The van der Waals surface area contributed by atoms with Gasteiger partial charge in [0.15, 0.2) is 0 Å². The average molecular weight is 196 g/mol. The molecule has 1 aliphatic carbocycles. The molecule has 0 aromatic heterocycles.